The van der Waals surface area contributed by atoms with E-state index in [2.05, 4.69) is 47.7 Å². The number of benzene rings is 1. The second kappa shape index (κ2) is 5.80. The first kappa shape index (κ1) is 13.4. The van der Waals surface area contributed by atoms with Gasteiger partial charge >= 0.3 is 0 Å². The smallest absolute Gasteiger partial charge is 0.0631 e. The summed E-state index contributed by atoms with van der Waals surface area (Å²) < 4.78 is 1.88. The van der Waals surface area contributed by atoms with Gasteiger partial charge in [-0.05, 0) is 37.8 Å². The van der Waals surface area contributed by atoms with Crippen molar-refractivity contribution in [3.63, 3.8) is 0 Å². The number of aromatic nitrogens is 2. The van der Waals surface area contributed by atoms with Crippen molar-refractivity contribution in [1.29, 1.82) is 0 Å². The Hall–Kier alpha value is -1.61. The lowest BCUT2D eigenvalue weighted by atomic mass is 9.93. The quantitative estimate of drug-likeness (QED) is 0.874. The third-order valence-electron chi connectivity index (χ3n) is 4.00. The molecule has 0 bridgehead atoms. The Balaban J connectivity index is 1.73. The third kappa shape index (κ3) is 3.48. The maximum Gasteiger partial charge on any atom is 0.0631 e. The van der Waals surface area contributed by atoms with Crippen LogP contribution in [-0.4, -0.2) is 22.4 Å². The fraction of sp³-hybridized carbons (Fsp3) is 0.471. The van der Waals surface area contributed by atoms with Crippen LogP contribution >= 0.6 is 0 Å². The fourth-order valence-electron chi connectivity index (χ4n) is 2.57. The van der Waals surface area contributed by atoms with E-state index in [0.717, 1.165) is 19.0 Å². The molecule has 0 spiro atoms. The maximum absolute atomic E-state index is 4.53. The maximum atomic E-state index is 4.53. The molecule has 0 radical (unpaired) electrons. The molecule has 1 saturated carbocycles. The van der Waals surface area contributed by atoms with E-state index in [0.29, 0.717) is 5.92 Å². The topological polar surface area (TPSA) is 29.9 Å². The number of nitrogens with zero attached hydrogens (tertiary/aromatic N) is 2. The molecule has 3 nitrogen and oxygen atoms in total. The zero-order valence-corrected chi connectivity index (χ0v) is 12.3. The van der Waals surface area contributed by atoms with Crippen molar-refractivity contribution in [2.24, 2.45) is 7.05 Å². The molecule has 1 aromatic heterocycles. The number of rotatable bonds is 6. The van der Waals surface area contributed by atoms with Crippen LogP contribution in [0.3, 0.4) is 0 Å². The van der Waals surface area contributed by atoms with Crippen molar-refractivity contribution in [2.45, 2.75) is 38.1 Å². The number of hydrogen-bond acceptors (Lipinski definition) is 2. The van der Waals surface area contributed by atoms with Crippen LogP contribution in [-0.2, 0) is 13.5 Å². The predicted octanol–water partition coefficient (Wildman–Crippen LogP) is 2.81. The Bertz CT molecular complexity index is 552. The van der Waals surface area contributed by atoms with Gasteiger partial charge in [0.1, 0.15) is 0 Å². The highest BCUT2D eigenvalue weighted by Gasteiger charge is 2.23. The van der Waals surface area contributed by atoms with Crippen molar-refractivity contribution < 1.29 is 0 Å². The Morgan fingerprint density at radius 3 is 2.60 bits per heavy atom. The fourth-order valence-corrected chi connectivity index (χ4v) is 2.57. The molecule has 1 unspecified atom stereocenters. The average molecular weight is 269 g/mol. The van der Waals surface area contributed by atoms with Gasteiger partial charge in [0.05, 0.1) is 5.69 Å². The van der Waals surface area contributed by atoms with E-state index in [1.165, 1.54) is 29.7 Å². The monoisotopic (exact) mass is 269 g/mol. The molecule has 3 rings (SSSR count). The van der Waals surface area contributed by atoms with Crippen LogP contribution in [0.1, 0.15) is 35.6 Å². The first-order chi connectivity index (χ1) is 9.70. The molecule has 1 N–H and O–H groups in total. The van der Waals surface area contributed by atoms with Crippen molar-refractivity contribution >= 4 is 0 Å². The minimum absolute atomic E-state index is 0.506. The molecule has 20 heavy (non-hydrogen) atoms. The van der Waals surface area contributed by atoms with Gasteiger partial charge in [-0.2, -0.15) is 5.10 Å². The second-order valence-electron chi connectivity index (χ2n) is 5.97. The molecule has 1 aliphatic carbocycles. The van der Waals surface area contributed by atoms with Gasteiger partial charge in [0.15, 0.2) is 0 Å². The van der Waals surface area contributed by atoms with E-state index < -0.39 is 0 Å². The van der Waals surface area contributed by atoms with Gasteiger partial charge in [-0.15, -0.1) is 0 Å². The first-order valence-corrected chi connectivity index (χ1v) is 7.49. The largest absolute Gasteiger partial charge is 0.313 e. The van der Waals surface area contributed by atoms with Crippen LogP contribution in [0.15, 0.2) is 36.5 Å². The van der Waals surface area contributed by atoms with Gasteiger partial charge < -0.3 is 5.32 Å². The number of aryl methyl sites for hydroxylation is 2. The lowest BCUT2D eigenvalue weighted by molar-refractivity contribution is 0.568. The van der Waals surface area contributed by atoms with Gasteiger partial charge in [0.25, 0.3) is 0 Å². The Morgan fingerprint density at radius 1 is 1.25 bits per heavy atom. The Labute approximate surface area is 121 Å². The zero-order valence-electron chi connectivity index (χ0n) is 12.3. The lowest BCUT2D eigenvalue weighted by Gasteiger charge is -2.17. The summed E-state index contributed by atoms with van der Waals surface area (Å²) in [6, 6.07) is 11.8. The normalized spacial score (nSPS) is 16.3. The van der Waals surface area contributed by atoms with Crippen LogP contribution in [0.5, 0.6) is 0 Å². The van der Waals surface area contributed by atoms with Crippen LogP contribution in [0, 0.1) is 6.92 Å². The zero-order chi connectivity index (χ0) is 13.9. The van der Waals surface area contributed by atoms with Gasteiger partial charge in [-0.3, -0.25) is 4.68 Å². The van der Waals surface area contributed by atoms with Crippen molar-refractivity contribution in [3.05, 3.63) is 53.3 Å². The van der Waals surface area contributed by atoms with E-state index in [4.69, 9.17) is 0 Å². The molecule has 1 fully saturated rings. The summed E-state index contributed by atoms with van der Waals surface area (Å²) in [6.07, 6.45) is 5.70. The average Bonchev–Trinajstić information content (AvgIpc) is 3.18. The van der Waals surface area contributed by atoms with E-state index in [1.54, 1.807) is 0 Å². The molecule has 106 valence electrons. The molecule has 0 aliphatic heterocycles. The van der Waals surface area contributed by atoms with E-state index >= 15 is 0 Å². The molecule has 1 heterocycles. The summed E-state index contributed by atoms with van der Waals surface area (Å²) in [5.74, 6) is 0.506. The molecule has 2 aromatic rings. The minimum atomic E-state index is 0.506. The summed E-state index contributed by atoms with van der Waals surface area (Å²) in [4.78, 5) is 0. The highest BCUT2D eigenvalue weighted by Crippen LogP contribution is 2.24. The molecule has 1 aromatic carbocycles. The van der Waals surface area contributed by atoms with Gasteiger partial charge in [0.2, 0.25) is 0 Å². The Kier molecular flexibility index (Phi) is 3.88. The summed E-state index contributed by atoms with van der Waals surface area (Å²) in [6.45, 7) is 3.18. The number of nitrogens with one attached hydrogen (secondary N) is 1. The highest BCUT2D eigenvalue weighted by atomic mass is 15.2. The summed E-state index contributed by atoms with van der Waals surface area (Å²) in [5, 5.41) is 8.19. The van der Waals surface area contributed by atoms with Crippen LogP contribution in [0.2, 0.25) is 0 Å². The van der Waals surface area contributed by atoms with Gasteiger partial charge in [0, 0.05) is 31.7 Å². The van der Waals surface area contributed by atoms with E-state index in [-0.39, 0.29) is 0 Å². The van der Waals surface area contributed by atoms with Crippen molar-refractivity contribution in [2.75, 3.05) is 6.54 Å². The molecule has 0 amide bonds. The van der Waals surface area contributed by atoms with Gasteiger partial charge in [-0.1, -0.05) is 29.8 Å². The first-order valence-electron chi connectivity index (χ1n) is 7.49. The summed E-state index contributed by atoms with van der Waals surface area (Å²) in [5.41, 5.74) is 3.91. The molecular weight excluding hydrogens is 246 g/mol. The lowest BCUT2D eigenvalue weighted by Crippen LogP contribution is -2.25. The molecule has 0 saturated heterocycles. The third-order valence-corrected chi connectivity index (χ3v) is 4.00. The van der Waals surface area contributed by atoms with E-state index in [1.807, 2.05) is 17.9 Å². The second-order valence-corrected chi connectivity index (χ2v) is 5.97. The van der Waals surface area contributed by atoms with Crippen LogP contribution in [0.25, 0.3) is 0 Å². The SMILES string of the molecule is Cc1ccc(C(CNC2CC2)Cc2ccn(C)n2)cc1. The Morgan fingerprint density at radius 2 is 2.00 bits per heavy atom. The van der Waals surface area contributed by atoms with Crippen molar-refractivity contribution in [3.8, 4) is 0 Å². The predicted molar refractivity (Wildman–Crippen MR) is 81.9 cm³/mol. The van der Waals surface area contributed by atoms with E-state index in [9.17, 15) is 0 Å². The van der Waals surface area contributed by atoms with Gasteiger partial charge in [-0.25, -0.2) is 0 Å². The highest BCUT2D eigenvalue weighted by molar-refractivity contribution is 5.26. The molecule has 1 aliphatic rings. The molecule has 3 heteroatoms. The number of hydrogen-bond donors (Lipinski definition) is 1. The summed E-state index contributed by atoms with van der Waals surface area (Å²) in [7, 11) is 1.98. The standard InChI is InChI=1S/C17H23N3/c1-13-3-5-14(6-4-13)15(12-18-16-7-8-16)11-17-9-10-20(2)19-17/h3-6,9-10,15-16,18H,7-8,11-12H2,1-2H3. The minimum Gasteiger partial charge on any atom is -0.313 e. The van der Waals surface area contributed by atoms with Crippen molar-refractivity contribution in [1.82, 2.24) is 15.1 Å². The van der Waals surface area contributed by atoms with Crippen LogP contribution < -0.4 is 5.32 Å². The molecule has 1 atom stereocenters. The van der Waals surface area contributed by atoms with Crippen LogP contribution in [0.4, 0.5) is 0 Å². The molecular formula is C17H23N3. The summed E-state index contributed by atoms with van der Waals surface area (Å²) >= 11 is 0.